The molecule has 3 aliphatic rings. The Morgan fingerprint density at radius 2 is 1.69 bits per heavy atom. The van der Waals surface area contributed by atoms with E-state index in [0.717, 1.165) is 22.0 Å². The van der Waals surface area contributed by atoms with Crippen molar-refractivity contribution in [3.8, 4) is 0 Å². The molecular weight excluding hydrogens is 467 g/mol. The molecule has 1 fully saturated rings. The first kappa shape index (κ1) is 21.4. The van der Waals surface area contributed by atoms with Crippen LogP contribution in [-0.2, 0) is 9.59 Å². The van der Waals surface area contributed by atoms with Gasteiger partial charge in [0.1, 0.15) is 6.04 Å². The molecule has 3 aliphatic heterocycles. The van der Waals surface area contributed by atoms with Crippen LogP contribution < -0.4 is 5.32 Å². The highest BCUT2D eigenvalue weighted by molar-refractivity contribution is 8.18. The van der Waals surface area contributed by atoms with Crippen molar-refractivity contribution in [3.63, 3.8) is 0 Å². The maximum atomic E-state index is 13.2. The van der Waals surface area contributed by atoms with Crippen molar-refractivity contribution >= 4 is 51.9 Å². The molecule has 2 aromatic carbocycles. The lowest BCUT2D eigenvalue weighted by atomic mass is 9.93. The first-order valence-electron chi connectivity index (χ1n) is 10.2. The Bertz CT molecular complexity index is 1150. The minimum absolute atomic E-state index is 0.0800. The highest BCUT2D eigenvalue weighted by Crippen LogP contribution is 2.51. The molecule has 0 aliphatic carbocycles. The number of aliphatic imine (C=N–C) groups is 1. The molecule has 2 unspecified atom stereocenters. The predicted molar refractivity (Wildman–Crippen MR) is 128 cm³/mol. The molecule has 3 heterocycles. The minimum atomic E-state index is -0.150. The first-order valence-corrected chi connectivity index (χ1v) is 11.8. The Balaban J connectivity index is 1.52. The molecule has 164 valence electrons. The molecule has 0 radical (unpaired) electrons. The van der Waals surface area contributed by atoms with Gasteiger partial charge in [0.25, 0.3) is 5.91 Å². The van der Waals surface area contributed by atoms with Gasteiger partial charge < -0.3 is 15.1 Å². The van der Waals surface area contributed by atoms with Crippen molar-refractivity contribution in [2.24, 2.45) is 4.99 Å². The number of carbonyl (C=O) groups is 2. The molecule has 32 heavy (non-hydrogen) atoms. The Hall–Kier alpha value is -2.48. The van der Waals surface area contributed by atoms with E-state index in [1.807, 2.05) is 55.5 Å². The van der Waals surface area contributed by atoms with Gasteiger partial charge in [-0.1, -0.05) is 47.5 Å². The molecule has 2 amide bonds. The predicted octanol–water partition coefficient (Wildman–Crippen LogP) is 4.38. The number of hydrogen-bond acceptors (Lipinski definition) is 5. The third-order valence-corrected chi connectivity index (χ3v) is 7.52. The van der Waals surface area contributed by atoms with Crippen LogP contribution in [0.15, 0.2) is 64.1 Å². The van der Waals surface area contributed by atoms with Gasteiger partial charge in [0.15, 0.2) is 5.17 Å². The van der Waals surface area contributed by atoms with Crippen LogP contribution in [0.1, 0.15) is 30.1 Å². The summed E-state index contributed by atoms with van der Waals surface area (Å²) in [6, 6.07) is 15.2. The number of halogens is 2. The molecule has 6 nitrogen and oxygen atoms in total. The number of amides is 2. The SMILES string of the molecule is CC1=C(C(=O)N2CCNC(=O)C2)SC2=NC(c3ccc(Cl)cc3)C(c3ccc(Cl)cc3)N21. The van der Waals surface area contributed by atoms with Gasteiger partial charge in [0.05, 0.1) is 17.5 Å². The highest BCUT2D eigenvalue weighted by Gasteiger charge is 2.45. The van der Waals surface area contributed by atoms with Crippen molar-refractivity contribution in [2.45, 2.75) is 19.0 Å². The van der Waals surface area contributed by atoms with Crippen molar-refractivity contribution in [1.29, 1.82) is 0 Å². The van der Waals surface area contributed by atoms with Crippen molar-refractivity contribution in [2.75, 3.05) is 19.6 Å². The summed E-state index contributed by atoms with van der Waals surface area (Å²) in [5, 5.41) is 4.88. The highest BCUT2D eigenvalue weighted by atomic mass is 35.5. The maximum Gasteiger partial charge on any atom is 0.263 e. The van der Waals surface area contributed by atoms with Crippen LogP contribution in [0.4, 0.5) is 0 Å². The van der Waals surface area contributed by atoms with Crippen LogP contribution in [0.2, 0.25) is 10.0 Å². The quantitative estimate of drug-likeness (QED) is 0.698. The van der Waals surface area contributed by atoms with Crippen molar-refractivity contribution < 1.29 is 9.59 Å². The lowest BCUT2D eigenvalue weighted by Gasteiger charge is -2.29. The Morgan fingerprint density at radius 3 is 2.31 bits per heavy atom. The number of allylic oxidation sites excluding steroid dienone is 1. The molecule has 5 rings (SSSR count). The zero-order valence-corrected chi connectivity index (χ0v) is 19.5. The number of amidine groups is 1. The van der Waals surface area contributed by atoms with Gasteiger partial charge in [-0.25, -0.2) is 0 Å². The van der Waals surface area contributed by atoms with Crippen molar-refractivity contribution in [3.05, 3.63) is 80.3 Å². The van der Waals surface area contributed by atoms with Crippen LogP contribution >= 0.6 is 35.0 Å². The van der Waals surface area contributed by atoms with Gasteiger partial charge in [0, 0.05) is 28.8 Å². The Kier molecular flexibility index (Phi) is 5.65. The third kappa shape index (κ3) is 3.78. The van der Waals surface area contributed by atoms with E-state index in [1.165, 1.54) is 11.8 Å². The maximum absolute atomic E-state index is 13.2. The summed E-state index contributed by atoms with van der Waals surface area (Å²) in [4.78, 5) is 34.4. The van der Waals surface area contributed by atoms with E-state index in [2.05, 4.69) is 10.2 Å². The average molecular weight is 487 g/mol. The van der Waals surface area contributed by atoms with Crippen molar-refractivity contribution in [1.82, 2.24) is 15.1 Å². The lowest BCUT2D eigenvalue weighted by molar-refractivity contribution is -0.135. The molecule has 2 aromatic rings. The topological polar surface area (TPSA) is 65.0 Å². The molecular formula is C23H20Cl2N4O2S. The molecule has 1 N–H and O–H groups in total. The second kappa shape index (κ2) is 8.46. The van der Waals surface area contributed by atoms with Crippen LogP contribution in [0.25, 0.3) is 0 Å². The van der Waals surface area contributed by atoms with E-state index in [1.54, 1.807) is 4.90 Å². The summed E-state index contributed by atoms with van der Waals surface area (Å²) < 4.78 is 0. The van der Waals surface area contributed by atoms with E-state index in [0.29, 0.717) is 28.0 Å². The largest absolute Gasteiger partial charge is 0.353 e. The molecule has 1 saturated heterocycles. The van der Waals surface area contributed by atoms with Crippen LogP contribution in [0.3, 0.4) is 0 Å². The third-order valence-electron chi connectivity index (χ3n) is 5.86. The summed E-state index contributed by atoms with van der Waals surface area (Å²) in [7, 11) is 0. The molecule has 0 saturated carbocycles. The van der Waals surface area contributed by atoms with Gasteiger partial charge in [-0.3, -0.25) is 14.6 Å². The zero-order chi connectivity index (χ0) is 22.4. The number of nitrogens with one attached hydrogen (secondary N) is 1. The fourth-order valence-corrected chi connectivity index (χ4v) is 5.69. The van der Waals surface area contributed by atoms with Gasteiger partial charge in [-0.2, -0.15) is 0 Å². The number of rotatable bonds is 3. The number of fused-ring (bicyclic) bond motifs is 1. The number of hydrogen-bond donors (Lipinski definition) is 1. The lowest BCUT2D eigenvalue weighted by Crippen LogP contribution is -2.50. The number of carbonyl (C=O) groups excluding carboxylic acids is 2. The number of thioether (sulfide) groups is 1. The molecule has 2 atom stereocenters. The monoisotopic (exact) mass is 486 g/mol. The summed E-state index contributed by atoms with van der Waals surface area (Å²) in [6.07, 6.45) is 0. The number of benzene rings is 2. The molecule has 0 aromatic heterocycles. The van der Waals surface area contributed by atoms with E-state index in [4.69, 9.17) is 28.2 Å². The van der Waals surface area contributed by atoms with Crippen LogP contribution in [0.5, 0.6) is 0 Å². The molecule has 0 spiro atoms. The van der Waals surface area contributed by atoms with E-state index < -0.39 is 0 Å². The second-order valence-electron chi connectivity index (χ2n) is 7.87. The minimum Gasteiger partial charge on any atom is -0.353 e. The normalized spacial score (nSPS) is 22.7. The average Bonchev–Trinajstić information content (AvgIpc) is 3.31. The number of piperazine rings is 1. The van der Waals surface area contributed by atoms with Gasteiger partial charge >= 0.3 is 0 Å². The van der Waals surface area contributed by atoms with Gasteiger partial charge in [0.2, 0.25) is 5.91 Å². The standard InChI is InChI=1S/C23H20Cl2N4O2S/c1-13-21(22(31)28-11-10-26-18(30)12-28)32-23-27-19(14-2-6-16(24)7-3-14)20(29(13)23)15-4-8-17(25)9-5-15/h2-9,19-20H,10-12H2,1H3,(H,26,30). The summed E-state index contributed by atoms with van der Waals surface area (Å²) in [6.45, 7) is 3.00. The van der Waals surface area contributed by atoms with E-state index >= 15 is 0 Å². The first-order chi connectivity index (χ1) is 15.4. The second-order valence-corrected chi connectivity index (χ2v) is 9.72. The summed E-state index contributed by atoms with van der Waals surface area (Å²) in [5.41, 5.74) is 2.95. The van der Waals surface area contributed by atoms with E-state index in [9.17, 15) is 9.59 Å². The molecule has 0 bridgehead atoms. The summed E-state index contributed by atoms with van der Waals surface area (Å²) in [5.74, 6) is -0.261. The van der Waals surface area contributed by atoms with Gasteiger partial charge in [-0.05, 0) is 54.1 Å². The molecule has 9 heteroatoms. The summed E-state index contributed by atoms with van der Waals surface area (Å²) >= 11 is 13.6. The Labute approximate surface area is 200 Å². The van der Waals surface area contributed by atoms with Gasteiger partial charge in [-0.15, -0.1) is 0 Å². The smallest absolute Gasteiger partial charge is 0.263 e. The van der Waals surface area contributed by atoms with Crippen LogP contribution in [0, 0.1) is 0 Å². The zero-order valence-electron chi connectivity index (χ0n) is 17.2. The Morgan fingerprint density at radius 1 is 1.06 bits per heavy atom. The van der Waals surface area contributed by atoms with E-state index in [-0.39, 0.29) is 30.4 Å². The fourth-order valence-electron chi connectivity index (χ4n) is 4.28. The van der Waals surface area contributed by atoms with Crippen LogP contribution in [-0.4, -0.2) is 46.4 Å². The number of nitrogens with zero attached hydrogens (tertiary/aromatic N) is 3. The fraction of sp³-hybridized carbons (Fsp3) is 0.261.